The van der Waals surface area contributed by atoms with Gasteiger partial charge in [0.25, 0.3) is 0 Å². The molecule has 1 aromatic heterocycles. The lowest BCUT2D eigenvalue weighted by Gasteiger charge is -2.12. The molecule has 0 fully saturated rings. The lowest BCUT2D eigenvalue weighted by atomic mass is 10.2. The number of esters is 1. The average Bonchev–Trinajstić information content (AvgIpc) is 2.49. The fourth-order valence-electron chi connectivity index (χ4n) is 1.60. The zero-order chi connectivity index (χ0) is 15.0. The number of nitrogens with zero attached hydrogens (tertiary/aromatic N) is 1. The number of aromatic nitrogens is 1. The van der Waals surface area contributed by atoms with Gasteiger partial charge in [0, 0.05) is 18.0 Å². The van der Waals surface area contributed by atoms with Crippen LogP contribution in [-0.4, -0.2) is 44.1 Å². The Kier molecular flexibility index (Phi) is 7.17. The van der Waals surface area contributed by atoms with E-state index < -0.39 is 6.04 Å². The van der Waals surface area contributed by atoms with Crippen molar-refractivity contribution in [3.63, 3.8) is 0 Å². The Morgan fingerprint density at radius 1 is 1.40 bits per heavy atom. The van der Waals surface area contributed by atoms with Crippen LogP contribution in [0, 0.1) is 0 Å². The smallest absolute Gasteiger partial charge is 0.322 e. The molecule has 2 N–H and O–H groups in total. The molecule has 0 amide bonds. The molecule has 0 aliphatic heterocycles. The summed E-state index contributed by atoms with van der Waals surface area (Å²) < 4.78 is 15.1. The van der Waals surface area contributed by atoms with Gasteiger partial charge in [-0.05, 0) is 12.2 Å². The highest BCUT2D eigenvalue weighted by atomic mass is 32.2. The summed E-state index contributed by atoms with van der Waals surface area (Å²) in [4.78, 5) is 15.4. The normalized spacial score (nSPS) is 11.8. The first-order valence-corrected chi connectivity index (χ1v) is 7.26. The van der Waals surface area contributed by atoms with E-state index in [1.54, 1.807) is 38.2 Å². The molecule has 1 rings (SSSR count). The Labute approximate surface area is 123 Å². The molecular weight excluding hydrogens is 280 g/mol. The summed E-state index contributed by atoms with van der Waals surface area (Å²) >= 11 is 1.63. The molecule has 0 saturated heterocycles. The molecule has 1 heterocycles. The minimum Gasteiger partial charge on any atom is -0.493 e. The number of ether oxygens (including phenoxy) is 3. The van der Waals surface area contributed by atoms with Crippen LogP contribution in [0.1, 0.15) is 12.1 Å². The molecule has 1 atom stereocenters. The molecule has 1 unspecified atom stereocenters. The van der Waals surface area contributed by atoms with Gasteiger partial charge >= 0.3 is 5.97 Å². The van der Waals surface area contributed by atoms with E-state index in [2.05, 4.69) is 9.72 Å². The van der Waals surface area contributed by atoms with E-state index in [0.717, 1.165) is 11.4 Å². The zero-order valence-corrected chi connectivity index (χ0v) is 12.7. The maximum atomic E-state index is 11.2. The van der Waals surface area contributed by atoms with Crippen LogP contribution in [0.5, 0.6) is 11.5 Å². The van der Waals surface area contributed by atoms with Gasteiger partial charge in [0.2, 0.25) is 0 Å². The van der Waals surface area contributed by atoms with Crippen molar-refractivity contribution in [2.75, 3.05) is 27.1 Å². The Hall–Kier alpha value is -1.47. The van der Waals surface area contributed by atoms with Crippen molar-refractivity contribution in [1.29, 1.82) is 0 Å². The molecule has 0 saturated carbocycles. The number of rotatable bonds is 8. The Balaban J connectivity index is 2.48. The quantitative estimate of drug-likeness (QED) is 0.571. The molecule has 0 aliphatic rings. The summed E-state index contributed by atoms with van der Waals surface area (Å²) in [6.07, 6.45) is 2.24. The minimum absolute atomic E-state index is 0.386. The molecule has 6 nitrogen and oxygen atoms in total. The summed E-state index contributed by atoms with van der Waals surface area (Å²) in [5, 5.41) is 0. The summed E-state index contributed by atoms with van der Waals surface area (Å²) in [5.74, 6) is 2.30. The number of nitrogens with two attached hydrogens (primary N) is 1. The molecular formula is C13H20N2O4S. The van der Waals surface area contributed by atoms with Gasteiger partial charge < -0.3 is 19.9 Å². The molecule has 20 heavy (non-hydrogen) atoms. The summed E-state index contributed by atoms with van der Waals surface area (Å²) in [7, 11) is 4.51. The number of thioether (sulfide) groups is 1. The fourth-order valence-corrected chi connectivity index (χ4v) is 2.57. The van der Waals surface area contributed by atoms with Crippen molar-refractivity contribution < 1.29 is 19.0 Å². The number of hydrogen-bond donors (Lipinski definition) is 1. The molecule has 0 radical (unpaired) electrons. The standard InChI is InChI=1S/C13H20N2O4S/c1-17-11-4-6-15-10(12(11)18-2)8-20-7-5-9(14)13(16)19-3/h4,6,9H,5,7-8,14H2,1-3H3. The number of carbonyl (C=O) groups excluding carboxylic acids is 1. The first kappa shape index (κ1) is 16.6. The van der Waals surface area contributed by atoms with Gasteiger partial charge in [-0.1, -0.05) is 0 Å². The fraction of sp³-hybridized carbons (Fsp3) is 0.538. The Morgan fingerprint density at radius 2 is 2.15 bits per heavy atom. The second kappa shape index (κ2) is 8.65. The number of methoxy groups -OCH3 is 3. The van der Waals surface area contributed by atoms with E-state index in [1.807, 2.05) is 0 Å². The summed E-state index contributed by atoms with van der Waals surface area (Å²) in [6, 6.07) is 1.17. The van der Waals surface area contributed by atoms with Gasteiger partial charge in [0.05, 0.1) is 27.0 Å². The minimum atomic E-state index is -0.576. The molecule has 7 heteroatoms. The van der Waals surface area contributed by atoms with Gasteiger partial charge in [-0.2, -0.15) is 11.8 Å². The lowest BCUT2D eigenvalue weighted by Crippen LogP contribution is -2.31. The Bertz CT molecular complexity index is 442. The van der Waals surface area contributed by atoms with E-state index in [9.17, 15) is 4.79 Å². The van der Waals surface area contributed by atoms with Gasteiger partial charge in [-0.25, -0.2) is 0 Å². The number of carbonyl (C=O) groups is 1. The third-order valence-electron chi connectivity index (χ3n) is 2.68. The maximum Gasteiger partial charge on any atom is 0.322 e. The Morgan fingerprint density at radius 3 is 2.75 bits per heavy atom. The van der Waals surface area contributed by atoms with E-state index in [1.165, 1.54) is 7.11 Å². The van der Waals surface area contributed by atoms with Gasteiger partial charge in [0.1, 0.15) is 6.04 Å². The average molecular weight is 300 g/mol. The second-order valence-corrected chi connectivity index (χ2v) is 5.07. The molecule has 112 valence electrons. The summed E-state index contributed by atoms with van der Waals surface area (Å²) in [6.45, 7) is 0. The van der Waals surface area contributed by atoms with Crippen LogP contribution in [0.15, 0.2) is 12.3 Å². The predicted octanol–water partition coefficient (Wildman–Crippen LogP) is 1.22. The predicted molar refractivity (Wildman–Crippen MR) is 78.1 cm³/mol. The maximum absolute atomic E-state index is 11.2. The zero-order valence-electron chi connectivity index (χ0n) is 11.9. The van der Waals surface area contributed by atoms with Crippen LogP contribution < -0.4 is 15.2 Å². The monoisotopic (exact) mass is 300 g/mol. The number of hydrogen-bond acceptors (Lipinski definition) is 7. The molecule has 0 aromatic carbocycles. The van der Waals surface area contributed by atoms with Crippen molar-refractivity contribution in [3.8, 4) is 11.5 Å². The van der Waals surface area contributed by atoms with Gasteiger partial charge in [-0.3, -0.25) is 9.78 Å². The van der Waals surface area contributed by atoms with E-state index in [0.29, 0.717) is 23.7 Å². The largest absolute Gasteiger partial charge is 0.493 e. The van der Waals surface area contributed by atoms with Crippen molar-refractivity contribution in [3.05, 3.63) is 18.0 Å². The van der Waals surface area contributed by atoms with Gasteiger partial charge in [0.15, 0.2) is 11.5 Å². The van der Waals surface area contributed by atoms with Crippen LogP contribution in [0.4, 0.5) is 0 Å². The van der Waals surface area contributed by atoms with Crippen molar-refractivity contribution in [1.82, 2.24) is 4.98 Å². The van der Waals surface area contributed by atoms with Gasteiger partial charge in [-0.15, -0.1) is 0 Å². The molecule has 1 aromatic rings. The lowest BCUT2D eigenvalue weighted by molar-refractivity contribution is -0.142. The summed E-state index contributed by atoms with van der Waals surface area (Å²) in [5.41, 5.74) is 6.47. The van der Waals surface area contributed by atoms with Crippen LogP contribution in [-0.2, 0) is 15.3 Å². The van der Waals surface area contributed by atoms with Crippen molar-refractivity contribution in [2.45, 2.75) is 18.2 Å². The molecule has 0 spiro atoms. The van der Waals surface area contributed by atoms with E-state index in [-0.39, 0.29) is 5.97 Å². The molecule has 0 bridgehead atoms. The highest BCUT2D eigenvalue weighted by molar-refractivity contribution is 7.98. The van der Waals surface area contributed by atoms with E-state index >= 15 is 0 Å². The third-order valence-corrected chi connectivity index (χ3v) is 3.68. The second-order valence-electron chi connectivity index (χ2n) is 3.96. The first-order valence-electron chi connectivity index (χ1n) is 6.11. The number of pyridine rings is 1. The third kappa shape index (κ3) is 4.57. The van der Waals surface area contributed by atoms with E-state index in [4.69, 9.17) is 15.2 Å². The first-order chi connectivity index (χ1) is 9.63. The van der Waals surface area contributed by atoms with Crippen LogP contribution in [0.25, 0.3) is 0 Å². The van der Waals surface area contributed by atoms with Crippen LogP contribution in [0.2, 0.25) is 0 Å². The van der Waals surface area contributed by atoms with Crippen LogP contribution in [0.3, 0.4) is 0 Å². The highest BCUT2D eigenvalue weighted by Crippen LogP contribution is 2.31. The van der Waals surface area contributed by atoms with Crippen LogP contribution >= 0.6 is 11.8 Å². The highest BCUT2D eigenvalue weighted by Gasteiger charge is 2.14. The molecule has 0 aliphatic carbocycles. The van der Waals surface area contributed by atoms with Crippen molar-refractivity contribution >= 4 is 17.7 Å². The topological polar surface area (TPSA) is 83.7 Å². The van der Waals surface area contributed by atoms with Crippen molar-refractivity contribution in [2.24, 2.45) is 5.73 Å². The SMILES string of the molecule is COC(=O)C(N)CCSCc1nccc(OC)c1OC.